The number of amides is 1. The minimum absolute atomic E-state index is 0.0368. The van der Waals surface area contributed by atoms with E-state index in [-0.39, 0.29) is 11.7 Å². The molecule has 0 aliphatic carbocycles. The summed E-state index contributed by atoms with van der Waals surface area (Å²) >= 11 is 0. The van der Waals surface area contributed by atoms with Gasteiger partial charge in [-0.3, -0.25) is 9.10 Å². The van der Waals surface area contributed by atoms with Crippen molar-refractivity contribution in [3.05, 3.63) is 65.2 Å². The Hall–Kier alpha value is -2.80. The number of hydrogen-bond acceptors (Lipinski definition) is 4. The van der Waals surface area contributed by atoms with Crippen LogP contribution in [0.3, 0.4) is 0 Å². The Balaban J connectivity index is 1.52. The number of rotatable bonds is 3. The highest BCUT2D eigenvalue weighted by atomic mass is 32.2. The van der Waals surface area contributed by atoms with Gasteiger partial charge in [-0.2, -0.15) is 0 Å². The summed E-state index contributed by atoms with van der Waals surface area (Å²) in [5.41, 5.74) is 4.42. The molecule has 1 N–H and O–H groups in total. The Morgan fingerprint density at radius 1 is 1.03 bits per heavy atom. The van der Waals surface area contributed by atoms with E-state index < -0.39 is 10.0 Å². The molecule has 2 aliphatic rings. The van der Waals surface area contributed by atoms with Gasteiger partial charge in [0.2, 0.25) is 10.0 Å². The summed E-state index contributed by atoms with van der Waals surface area (Å²) < 4.78 is 25.4. The number of carbonyl (C=O) groups excluding carboxylic acids is 1. The van der Waals surface area contributed by atoms with Crippen LogP contribution >= 0.6 is 0 Å². The topological polar surface area (TPSA) is 77.9 Å². The van der Waals surface area contributed by atoms with E-state index in [2.05, 4.69) is 6.08 Å². The molecule has 0 spiro atoms. The quantitative estimate of drug-likeness (QED) is 0.841. The lowest BCUT2D eigenvalue weighted by molar-refractivity contribution is 0.0773. The number of carbonyl (C=O) groups is 1. The van der Waals surface area contributed by atoms with E-state index in [4.69, 9.17) is 0 Å². The lowest BCUT2D eigenvalue weighted by Crippen LogP contribution is -2.36. The van der Waals surface area contributed by atoms with Crippen molar-refractivity contribution >= 4 is 27.2 Å². The standard InChI is InChI=1S/C22H24N2O4S/c1-29(27,28)24-12-2-3-18-15-19(6-9-21(18)24)22(26)23-13-10-17(11-14-23)16-4-7-20(25)8-5-16/h4-10,15,25H,2-3,11-14H2,1H3. The molecule has 2 aliphatic heterocycles. The van der Waals surface area contributed by atoms with E-state index in [1.54, 1.807) is 24.3 Å². The van der Waals surface area contributed by atoms with Crippen LogP contribution in [-0.2, 0) is 16.4 Å². The maximum atomic E-state index is 13.0. The number of phenolic OH excluding ortho intramolecular Hbond substituents is 1. The van der Waals surface area contributed by atoms with Crippen LogP contribution in [0.2, 0.25) is 0 Å². The molecule has 1 amide bonds. The molecule has 0 saturated carbocycles. The molecule has 4 rings (SSSR count). The van der Waals surface area contributed by atoms with Gasteiger partial charge in [0.15, 0.2) is 0 Å². The van der Waals surface area contributed by atoms with Crippen LogP contribution in [0.5, 0.6) is 5.75 Å². The van der Waals surface area contributed by atoms with Gasteiger partial charge >= 0.3 is 0 Å². The highest BCUT2D eigenvalue weighted by molar-refractivity contribution is 7.92. The molecular formula is C22H24N2O4S. The first-order valence-electron chi connectivity index (χ1n) is 9.71. The Morgan fingerprint density at radius 2 is 1.79 bits per heavy atom. The number of hydrogen-bond donors (Lipinski definition) is 1. The van der Waals surface area contributed by atoms with Crippen LogP contribution < -0.4 is 4.31 Å². The second kappa shape index (κ2) is 7.55. The number of phenols is 1. The normalized spacial score (nSPS) is 16.9. The fourth-order valence-electron chi connectivity index (χ4n) is 4.01. The first-order valence-corrected chi connectivity index (χ1v) is 11.6. The minimum atomic E-state index is -3.31. The molecule has 152 valence electrons. The zero-order valence-electron chi connectivity index (χ0n) is 16.3. The van der Waals surface area contributed by atoms with Crippen molar-refractivity contribution in [2.45, 2.75) is 19.3 Å². The third-order valence-corrected chi connectivity index (χ3v) is 6.72. The van der Waals surface area contributed by atoms with Gasteiger partial charge in [-0.15, -0.1) is 0 Å². The van der Waals surface area contributed by atoms with E-state index in [1.165, 1.54) is 16.1 Å². The molecule has 0 aromatic heterocycles. The molecule has 0 fully saturated rings. The second-order valence-electron chi connectivity index (χ2n) is 7.56. The summed E-state index contributed by atoms with van der Waals surface area (Å²) in [6.45, 7) is 1.63. The molecule has 2 aromatic rings. The molecule has 0 radical (unpaired) electrons. The summed E-state index contributed by atoms with van der Waals surface area (Å²) in [6, 6.07) is 12.4. The Labute approximate surface area is 171 Å². The maximum absolute atomic E-state index is 13.0. The van der Waals surface area contributed by atoms with Crippen molar-refractivity contribution in [1.29, 1.82) is 0 Å². The minimum Gasteiger partial charge on any atom is -0.508 e. The molecule has 29 heavy (non-hydrogen) atoms. The molecule has 2 heterocycles. The van der Waals surface area contributed by atoms with Crippen molar-refractivity contribution in [3.8, 4) is 5.75 Å². The average Bonchev–Trinajstić information content (AvgIpc) is 2.72. The first kappa shape index (κ1) is 19.5. The van der Waals surface area contributed by atoms with Crippen LogP contribution in [0.4, 0.5) is 5.69 Å². The molecule has 7 heteroatoms. The fraction of sp³-hybridized carbons (Fsp3) is 0.318. The number of nitrogens with zero attached hydrogens (tertiary/aromatic N) is 2. The van der Waals surface area contributed by atoms with E-state index in [0.29, 0.717) is 30.9 Å². The van der Waals surface area contributed by atoms with Crippen LogP contribution in [0, 0.1) is 0 Å². The lowest BCUT2D eigenvalue weighted by atomic mass is 9.98. The second-order valence-corrected chi connectivity index (χ2v) is 9.47. The predicted molar refractivity (Wildman–Crippen MR) is 114 cm³/mol. The van der Waals surface area contributed by atoms with Gasteiger partial charge in [-0.25, -0.2) is 8.42 Å². The van der Waals surface area contributed by atoms with Crippen LogP contribution in [0.1, 0.15) is 34.3 Å². The Kier molecular flexibility index (Phi) is 5.08. The molecule has 6 nitrogen and oxygen atoms in total. The summed E-state index contributed by atoms with van der Waals surface area (Å²) in [4.78, 5) is 14.8. The Morgan fingerprint density at radius 3 is 2.45 bits per heavy atom. The van der Waals surface area contributed by atoms with Crippen molar-refractivity contribution in [2.24, 2.45) is 0 Å². The zero-order valence-corrected chi connectivity index (χ0v) is 17.2. The summed E-state index contributed by atoms with van der Waals surface area (Å²) in [5, 5.41) is 9.43. The number of benzene rings is 2. The van der Waals surface area contributed by atoms with Crippen molar-refractivity contribution < 1.29 is 18.3 Å². The average molecular weight is 413 g/mol. The zero-order chi connectivity index (χ0) is 20.6. The molecule has 0 saturated heterocycles. The van der Waals surface area contributed by atoms with E-state index in [9.17, 15) is 18.3 Å². The van der Waals surface area contributed by atoms with Crippen molar-refractivity contribution in [3.63, 3.8) is 0 Å². The fourth-order valence-corrected chi connectivity index (χ4v) is 5.01. The van der Waals surface area contributed by atoms with Gasteiger partial charge in [0, 0.05) is 25.2 Å². The smallest absolute Gasteiger partial charge is 0.254 e. The van der Waals surface area contributed by atoms with Gasteiger partial charge in [0.1, 0.15) is 5.75 Å². The summed E-state index contributed by atoms with van der Waals surface area (Å²) in [7, 11) is -3.31. The third kappa shape index (κ3) is 4.00. The predicted octanol–water partition coefficient (Wildman–Crippen LogP) is 3.03. The van der Waals surface area contributed by atoms with Gasteiger partial charge in [0.25, 0.3) is 5.91 Å². The van der Waals surface area contributed by atoms with Gasteiger partial charge in [0.05, 0.1) is 11.9 Å². The van der Waals surface area contributed by atoms with Crippen molar-refractivity contribution in [1.82, 2.24) is 4.90 Å². The first-order chi connectivity index (χ1) is 13.8. The highest BCUT2D eigenvalue weighted by Gasteiger charge is 2.26. The third-order valence-electron chi connectivity index (χ3n) is 5.54. The number of aryl methyl sites for hydroxylation is 1. The monoisotopic (exact) mass is 412 g/mol. The van der Waals surface area contributed by atoms with Crippen LogP contribution in [-0.4, -0.2) is 50.2 Å². The SMILES string of the molecule is CS(=O)(=O)N1CCCc2cc(C(=O)N3CC=C(c4ccc(O)cc4)CC3)ccc21. The highest BCUT2D eigenvalue weighted by Crippen LogP contribution is 2.31. The Bertz CT molecular complexity index is 1070. The summed E-state index contributed by atoms with van der Waals surface area (Å²) in [5.74, 6) is 0.203. The molecule has 0 bridgehead atoms. The van der Waals surface area contributed by atoms with E-state index in [1.807, 2.05) is 23.1 Å². The van der Waals surface area contributed by atoms with Crippen LogP contribution in [0.25, 0.3) is 5.57 Å². The lowest BCUT2D eigenvalue weighted by Gasteiger charge is -2.30. The number of sulfonamides is 1. The maximum Gasteiger partial charge on any atom is 0.254 e. The summed E-state index contributed by atoms with van der Waals surface area (Å²) in [6.07, 6.45) is 5.54. The molecular weight excluding hydrogens is 388 g/mol. The number of anilines is 1. The molecule has 0 atom stereocenters. The van der Waals surface area contributed by atoms with Gasteiger partial charge < -0.3 is 10.0 Å². The molecule has 2 aromatic carbocycles. The van der Waals surface area contributed by atoms with Crippen molar-refractivity contribution in [2.75, 3.05) is 30.2 Å². The van der Waals surface area contributed by atoms with Gasteiger partial charge in [-0.05, 0) is 66.3 Å². The molecule has 0 unspecified atom stereocenters. The van der Waals surface area contributed by atoms with Crippen LogP contribution in [0.15, 0.2) is 48.5 Å². The largest absolute Gasteiger partial charge is 0.508 e. The number of aromatic hydroxyl groups is 1. The van der Waals surface area contributed by atoms with Gasteiger partial charge in [-0.1, -0.05) is 18.2 Å². The number of fused-ring (bicyclic) bond motifs is 1. The van der Waals surface area contributed by atoms with E-state index in [0.717, 1.165) is 30.4 Å². The van der Waals surface area contributed by atoms with E-state index >= 15 is 0 Å².